The highest BCUT2D eigenvalue weighted by atomic mass is 16.3. The summed E-state index contributed by atoms with van der Waals surface area (Å²) in [5, 5.41) is 2.24. The highest BCUT2D eigenvalue weighted by molar-refractivity contribution is 6.12. The second-order valence-corrected chi connectivity index (χ2v) is 12.1. The third-order valence-corrected chi connectivity index (χ3v) is 9.47. The Morgan fingerprint density at radius 3 is 1.91 bits per heavy atom. The van der Waals surface area contributed by atoms with Crippen LogP contribution in [0, 0.1) is 11.8 Å². The molecule has 1 aromatic heterocycles. The monoisotopic (exact) mass is 589 g/mol. The molecule has 5 aromatic carbocycles. The van der Waals surface area contributed by atoms with E-state index in [0.29, 0.717) is 5.92 Å². The number of fused-ring (bicyclic) bond motifs is 6. The maximum Gasteiger partial charge on any atom is 0.137 e. The van der Waals surface area contributed by atoms with E-state index in [1.165, 1.54) is 39.1 Å². The van der Waals surface area contributed by atoms with Gasteiger partial charge in [-0.25, -0.2) is 0 Å². The van der Waals surface area contributed by atoms with Crippen LogP contribution in [0.15, 0.2) is 197 Å². The SMILES string of the molecule is C1=CC2=CC(N(c3ccc(-c4ccc(-c5ccccc5)cc4)cc3)c3cccc4oc5ccccc5c34)=C3C=CC=CC3C2C=C1. The minimum absolute atomic E-state index is 0.270. The number of anilines is 2. The van der Waals surface area contributed by atoms with Crippen molar-refractivity contribution in [1.82, 2.24) is 0 Å². The van der Waals surface area contributed by atoms with Gasteiger partial charge in [0.05, 0.1) is 16.8 Å². The minimum atomic E-state index is 0.270. The molecule has 0 spiro atoms. The molecule has 218 valence electrons. The summed E-state index contributed by atoms with van der Waals surface area (Å²) in [4.78, 5) is 2.44. The number of nitrogens with zero attached hydrogens (tertiary/aromatic N) is 1. The molecule has 0 radical (unpaired) electrons. The van der Waals surface area contributed by atoms with Crippen LogP contribution in [0.3, 0.4) is 0 Å². The first-order valence-electron chi connectivity index (χ1n) is 15.9. The van der Waals surface area contributed by atoms with Gasteiger partial charge in [-0.1, -0.05) is 140 Å². The molecular formula is C44H31NO. The molecule has 3 aliphatic rings. The van der Waals surface area contributed by atoms with Gasteiger partial charge in [-0.15, -0.1) is 0 Å². The third kappa shape index (κ3) is 4.42. The largest absolute Gasteiger partial charge is 0.456 e. The Balaban J connectivity index is 1.21. The Morgan fingerprint density at radius 1 is 0.500 bits per heavy atom. The van der Waals surface area contributed by atoms with E-state index in [2.05, 4.69) is 175 Å². The van der Waals surface area contributed by atoms with Gasteiger partial charge in [0.25, 0.3) is 0 Å². The second-order valence-electron chi connectivity index (χ2n) is 12.1. The van der Waals surface area contributed by atoms with Crippen molar-refractivity contribution < 1.29 is 4.42 Å². The van der Waals surface area contributed by atoms with Gasteiger partial charge < -0.3 is 9.32 Å². The molecule has 2 atom stereocenters. The number of benzene rings is 5. The fourth-order valence-electron chi connectivity index (χ4n) is 7.25. The quantitative estimate of drug-likeness (QED) is 0.199. The summed E-state index contributed by atoms with van der Waals surface area (Å²) in [7, 11) is 0. The zero-order valence-electron chi connectivity index (χ0n) is 25.3. The van der Waals surface area contributed by atoms with Crippen molar-refractivity contribution in [3.05, 3.63) is 193 Å². The molecule has 3 aliphatic carbocycles. The summed E-state index contributed by atoms with van der Waals surface area (Å²) in [5.74, 6) is 0.602. The number of hydrogen-bond donors (Lipinski definition) is 0. The predicted molar refractivity (Wildman–Crippen MR) is 192 cm³/mol. The average molecular weight is 590 g/mol. The molecule has 0 N–H and O–H groups in total. The van der Waals surface area contributed by atoms with E-state index in [1.54, 1.807) is 0 Å². The van der Waals surface area contributed by atoms with Crippen molar-refractivity contribution in [2.75, 3.05) is 4.90 Å². The Kier molecular flexibility index (Phi) is 6.31. The number of hydrogen-bond acceptors (Lipinski definition) is 2. The molecule has 0 saturated heterocycles. The van der Waals surface area contributed by atoms with Crippen LogP contribution in [-0.4, -0.2) is 0 Å². The molecule has 6 aromatic rings. The molecule has 0 saturated carbocycles. The first kappa shape index (κ1) is 26.5. The van der Waals surface area contributed by atoms with E-state index in [0.717, 1.165) is 33.3 Å². The zero-order valence-corrected chi connectivity index (χ0v) is 25.3. The molecule has 46 heavy (non-hydrogen) atoms. The van der Waals surface area contributed by atoms with Gasteiger partial charge in [-0.05, 0) is 69.8 Å². The molecule has 0 aliphatic heterocycles. The highest BCUT2D eigenvalue weighted by Crippen LogP contribution is 2.47. The molecule has 0 bridgehead atoms. The first-order chi connectivity index (χ1) is 22.8. The molecule has 2 nitrogen and oxygen atoms in total. The van der Waals surface area contributed by atoms with Crippen molar-refractivity contribution in [3.63, 3.8) is 0 Å². The van der Waals surface area contributed by atoms with Crippen LogP contribution in [0.4, 0.5) is 11.4 Å². The van der Waals surface area contributed by atoms with E-state index in [-0.39, 0.29) is 5.92 Å². The number of rotatable bonds is 5. The van der Waals surface area contributed by atoms with Crippen molar-refractivity contribution in [3.8, 4) is 22.3 Å². The maximum atomic E-state index is 6.37. The average Bonchev–Trinajstić information content (AvgIpc) is 3.52. The van der Waals surface area contributed by atoms with Crippen LogP contribution in [0.2, 0.25) is 0 Å². The van der Waals surface area contributed by atoms with E-state index in [1.807, 2.05) is 6.07 Å². The number of furan rings is 1. The van der Waals surface area contributed by atoms with Crippen molar-refractivity contribution >= 4 is 33.3 Å². The Morgan fingerprint density at radius 2 is 1.13 bits per heavy atom. The lowest BCUT2D eigenvalue weighted by Gasteiger charge is -2.38. The lowest BCUT2D eigenvalue weighted by atomic mass is 9.72. The van der Waals surface area contributed by atoms with Gasteiger partial charge >= 0.3 is 0 Å². The molecule has 0 amide bonds. The fraction of sp³-hybridized carbons (Fsp3) is 0.0455. The minimum Gasteiger partial charge on any atom is -0.456 e. The third-order valence-electron chi connectivity index (χ3n) is 9.47. The van der Waals surface area contributed by atoms with Gasteiger partial charge in [-0.2, -0.15) is 0 Å². The Bertz CT molecular complexity index is 2290. The van der Waals surface area contributed by atoms with Crippen LogP contribution in [0.25, 0.3) is 44.2 Å². The normalized spacial score (nSPS) is 18.1. The van der Waals surface area contributed by atoms with Gasteiger partial charge in [0, 0.05) is 22.9 Å². The van der Waals surface area contributed by atoms with Crippen LogP contribution in [0.1, 0.15) is 0 Å². The van der Waals surface area contributed by atoms with Crippen LogP contribution in [0.5, 0.6) is 0 Å². The van der Waals surface area contributed by atoms with Gasteiger partial charge in [0.15, 0.2) is 0 Å². The topological polar surface area (TPSA) is 16.4 Å². The van der Waals surface area contributed by atoms with Crippen LogP contribution < -0.4 is 4.90 Å². The van der Waals surface area contributed by atoms with Gasteiger partial charge in [0.2, 0.25) is 0 Å². The standard InChI is InChI=1S/C44H31NO/c1-2-11-30(12-3-1)31-21-23-32(24-22-31)33-25-27-35(28-26-33)45(40-18-10-20-43-44(40)39-17-8-9-19-42(39)46-43)41-29-34-13-4-5-14-36(34)37-15-6-7-16-38(37)41/h1-29,36-37H. The molecule has 2 unspecified atom stereocenters. The molecule has 9 rings (SSSR count). The maximum absolute atomic E-state index is 6.37. The summed E-state index contributed by atoms with van der Waals surface area (Å²) in [6, 6.07) is 43.2. The fourth-order valence-corrected chi connectivity index (χ4v) is 7.25. The summed E-state index contributed by atoms with van der Waals surface area (Å²) in [6.07, 6.45) is 20.3. The molecular weight excluding hydrogens is 558 g/mol. The summed E-state index contributed by atoms with van der Waals surface area (Å²) in [6.45, 7) is 0. The lowest BCUT2D eigenvalue weighted by molar-refractivity contribution is 0.606. The van der Waals surface area contributed by atoms with E-state index >= 15 is 0 Å². The molecule has 1 heterocycles. The smallest absolute Gasteiger partial charge is 0.137 e. The van der Waals surface area contributed by atoms with E-state index in [9.17, 15) is 0 Å². The van der Waals surface area contributed by atoms with Crippen molar-refractivity contribution in [2.24, 2.45) is 11.8 Å². The van der Waals surface area contributed by atoms with Gasteiger partial charge in [0.1, 0.15) is 11.2 Å². The predicted octanol–water partition coefficient (Wildman–Crippen LogP) is 11.7. The van der Waals surface area contributed by atoms with Crippen molar-refractivity contribution in [1.29, 1.82) is 0 Å². The molecule has 2 heteroatoms. The van der Waals surface area contributed by atoms with Crippen LogP contribution >= 0.6 is 0 Å². The van der Waals surface area contributed by atoms with E-state index in [4.69, 9.17) is 4.42 Å². The van der Waals surface area contributed by atoms with Gasteiger partial charge in [-0.3, -0.25) is 0 Å². The second kappa shape index (κ2) is 10.9. The zero-order chi connectivity index (χ0) is 30.5. The molecule has 0 fully saturated rings. The summed E-state index contributed by atoms with van der Waals surface area (Å²) < 4.78 is 6.37. The first-order valence-corrected chi connectivity index (χ1v) is 15.9. The van der Waals surface area contributed by atoms with Crippen molar-refractivity contribution in [2.45, 2.75) is 0 Å². The number of para-hydroxylation sites is 1. The Hall–Kier alpha value is -5.86. The summed E-state index contributed by atoms with van der Waals surface area (Å²) in [5.41, 5.74) is 12.7. The Labute approximate surface area is 268 Å². The lowest BCUT2D eigenvalue weighted by Crippen LogP contribution is -2.27. The summed E-state index contributed by atoms with van der Waals surface area (Å²) >= 11 is 0. The van der Waals surface area contributed by atoms with Crippen LogP contribution in [-0.2, 0) is 0 Å². The van der Waals surface area contributed by atoms with E-state index < -0.39 is 0 Å². The highest BCUT2D eigenvalue weighted by Gasteiger charge is 2.33. The number of allylic oxidation sites excluding steroid dienone is 11.